The number of ether oxygens (including phenoxy) is 1. The van der Waals surface area contributed by atoms with Gasteiger partial charge in [0.05, 0.1) is 17.9 Å². The van der Waals surface area contributed by atoms with Crippen molar-refractivity contribution in [1.29, 1.82) is 0 Å². The molecular formula is C18H27N3O3. The van der Waals surface area contributed by atoms with E-state index in [9.17, 15) is 9.59 Å². The maximum absolute atomic E-state index is 12.1. The number of hydrogen-bond donors (Lipinski definition) is 1. The zero-order valence-electron chi connectivity index (χ0n) is 14.6. The van der Waals surface area contributed by atoms with Gasteiger partial charge in [-0.1, -0.05) is 25.5 Å². The maximum atomic E-state index is 12.1. The highest BCUT2D eigenvalue weighted by Gasteiger charge is 2.24. The number of amides is 2. The van der Waals surface area contributed by atoms with Crippen molar-refractivity contribution in [2.45, 2.75) is 26.7 Å². The molecule has 1 aromatic carbocycles. The van der Waals surface area contributed by atoms with Gasteiger partial charge in [-0.3, -0.25) is 0 Å². The molecule has 1 saturated heterocycles. The number of unbranched alkanes of at least 4 members (excludes halogenated alkanes) is 1. The molecule has 2 rings (SSSR count). The zero-order chi connectivity index (χ0) is 17.4. The average Bonchev–Trinajstić information content (AvgIpc) is 2.62. The monoisotopic (exact) mass is 333 g/mol. The van der Waals surface area contributed by atoms with Crippen molar-refractivity contribution in [2.75, 3.05) is 44.2 Å². The van der Waals surface area contributed by atoms with Gasteiger partial charge in [0.15, 0.2) is 0 Å². The number of esters is 1. The molecule has 0 radical (unpaired) electrons. The summed E-state index contributed by atoms with van der Waals surface area (Å²) in [5.74, 6) is -0.298. The fourth-order valence-corrected chi connectivity index (χ4v) is 2.77. The lowest BCUT2D eigenvalue weighted by atomic mass is 10.1. The number of benzene rings is 1. The van der Waals surface area contributed by atoms with Crippen LogP contribution in [0.4, 0.5) is 10.5 Å². The van der Waals surface area contributed by atoms with E-state index in [4.69, 9.17) is 4.74 Å². The molecular weight excluding hydrogens is 306 g/mol. The summed E-state index contributed by atoms with van der Waals surface area (Å²) in [5.41, 5.74) is 1.46. The molecule has 1 N–H and O–H groups in total. The highest BCUT2D eigenvalue weighted by atomic mass is 16.5. The van der Waals surface area contributed by atoms with Crippen LogP contribution in [0.1, 0.15) is 37.0 Å². The van der Waals surface area contributed by atoms with E-state index in [2.05, 4.69) is 17.1 Å². The molecule has 0 spiro atoms. The molecule has 1 fully saturated rings. The minimum Gasteiger partial charge on any atom is -0.462 e. The summed E-state index contributed by atoms with van der Waals surface area (Å²) in [4.78, 5) is 28.2. The average molecular weight is 333 g/mol. The highest BCUT2D eigenvalue weighted by Crippen LogP contribution is 2.22. The lowest BCUT2D eigenvalue weighted by Crippen LogP contribution is -2.52. The largest absolute Gasteiger partial charge is 0.462 e. The van der Waals surface area contributed by atoms with E-state index >= 15 is 0 Å². The molecule has 0 atom stereocenters. The molecule has 1 aromatic rings. The summed E-state index contributed by atoms with van der Waals surface area (Å²) in [6.45, 7) is 7.70. The van der Waals surface area contributed by atoms with Crippen molar-refractivity contribution in [3.05, 3.63) is 29.8 Å². The Kier molecular flexibility index (Phi) is 6.90. The van der Waals surface area contributed by atoms with Crippen LogP contribution >= 0.6 is 0 Å². The number of para-hydroxylation sites is 1. The second kappa shape index (κ2) is 9.15. The predicted octanol–water partition coefficient (Wildman–Crippen LogP) is 2.50. The van der Waals surface area contributed by atoms with Crippen LogP contribution in [0.15, 0.2) is 24.3 Å². The fraction of sp³-hybridized carbons (Fsp3) is 0.556. The molecule has 0 aliphatic carbocycles. The van der Waals surface area contributed by atoms with Crippen LogP contribution in [-0.2, 0) is 4.74 Å². The molecule has 6 heteroatoms. The summed E-state index contributed by atoms with van der Waals surface area (Å²) in [7, 11) is 0. The second-order valence-corrected chi connectivity index (χ2v) is 5.80. The van der Waals surface area contributed by atoms with Gasteiger partial charge in [-0.25, -0.2) is 9.59 Å². The third-order valence-corrected chi connectivity index (χ3v) is 4.11. The van der Waals surface area contributed by atoms with Gasteiger partial charge >= 0.3 is 12.0 Å². The van der Waals surface area contributed by atoms with Gasteiger partial charge in [0.1, 0.15) is 0 Å². The first-order chi connectivity index (χ1) is 11.7. The van der Waals surface area contributed by atoms with Crippen molar-refractivity contribution in [2.24, 2.45) is 0 Å². The number of carbonyl (C=O) groups excluding carboxylic acids is 2. The van der Waals surface area contributed by atoms with Gasteiger partial charge in [-0.05, 0) is 25.5 Å². The lowest BCUT2D eigenvalue weighted by Gasteiger charge is -2.36. The number of anilines is 1. The molecule has 0 saturated carbocycles. The molecule has 2 amide bonds. The molecule has 0 aromatic heterocycles. The summed E-state index contributed by atoms with van der Waals surface area (Å²) in [6, 6.07) is 7.48. The second-order valence-electron chi connectivity index (χ2n) is 5.80. The quantitative estimate of drug-likeness (QED) is 0.642. The number of nitrogens with one attached hydrogen (secondary N) is 1. The van der Waals surface area contributed by atoms with E-state index in [-0.39, 0.29) is 12.0 Å². The molecule has 1 aliphatic heterocycles. The number of piperazine rings is 1. The molecule has 24 heavy (non-hydrogen) atoms. The summed E-state index contributed by atoms with van der Waals surface area (Å²) in [5, 5.41) is 2.95. The maximum Gasteiger partial charge on any atom is 0.340 e. The Labute approximate surface area is 143 Å². The molecule has 1 aliphatic rings. The van der Waals surface area contributed by atoms with Crippen molar-refractivity contribution in [1.82, 2.24) is 10.2 Å². The number of hydrogen-bond acceptors (Lipinski definition) is 4. The summed E-state index contributed by atoms with van der Waals surface area (Å²) < 4.78 is 5.13. The number of nitrogens with zero attached hydrogens (tertiary/aromatic N) is 2. The van der Waals surface area contributed by atoms with Gasteiger partial charge in [0.25, 0.3) is 0 Å². The highest BCUT2D eigenvalue weighted by molar-refractivity contribution is 5.96. The topological polar surface area (TPSA) is 61.9 Å². The Bertz CT molecular complexity index is 554. The van der Waals surface area contributed by atoms with Crippen LogP contribution in [0, 0.1) is 0 Å². The van der Waals surface area contributed by atoms with E-state index in [0.717, 1.165) is 25.1 Å². The predicted molar refractivity (Wildman–Crippen MR) is 94.5 cm³/mol. The van der Waals surface area contributed by atoms with Crippen LogP contribution in [0.5, 0.6) is 0 Å². The SMILES string of the molecule is CCCCNC(=O)N1CCN(c2ccccc2C(=O)OCC)CC1. The van der Waals surface area contributed by atoms with E-state index in [1.165, 1.54) is 0 Å². The Morgan fingerprint density at radius 3 is 2.50 bits per heavy atom. The third kappa shape index (κ3) is 4.63. The first kappa shape index (κ1) is 18.1. The standard InChI is InChI=1S/C18H27N3O3/c1-3-5-10-19-18(23)21-13-11-20(12-14-21)16-9-7-6-8-15(16)17(22)24-4-2/h6-9H,3-5,10-14H2,1-2H3,(H,19,23). The van der Waals surface area contributed by atoms with Crippen LogP contribution in [0.2, 0.25) is 0 Å². The molecule has 132 valence electrons. The molecule has 1 heterocycles. The van der Waals surface area contributed by atoms with Gasteiger partial charge < -0.3 is 19.9 Å². The van der Waals surface area contributed by atoms with Gasteiger partial charge in [-0.2, -0.15) is 0 Å². The fourth-order valence-electron chi connectivity index (χ4n) is 2.77. The summed E-state index contributed by atoms with van der Waals surface area (Å²) >= 11 is 0. The normalized spacial score (nSPS) is 14.4. The number of carbonyl (C=O) groups is 2. The van der Waals surface area contributed by atoms with Crippen LogP contribution in [0.3, 0.4) is 0 Å². The first-order valence-corrected chi connectivity index (χ1v) is 8.71. The van der Waals surface area contributed by atoms with Crippen LogP contribution < -0.4 is 10.2 Å². The Morgan fingerprint density at radius 1 is 1.12 bits per heavy atom. The zero-order valence-corrected chi connectivity index (χ0v) is 14.6. The van der Waals surface area contributed by atoms with Crippen molar-refractivity contribution < 1.29 is 14.3 Å². The van der Waals surface area contributed by atoms with Crippen molar-refractivity contribution >= 4 is 17.7 Å². The minimum absolute atomic E-state index is 0.00165. The van der Waals surface area contributed by atoms with Crippen molar-refractivity contribution in [3.8, 4) is 0 Å². The van der Waals surface area contributed by atoms with Crippen LogP contribution in [-0.4, -0.2) is 56.2 Å². The van der Waals surface area contributed by atoms with E-state index in [0.29, 0.717) is 38.3 Å². The Hall–Kier alpha value is -2.24. The summed E-state index contributed by atoms with van der Waals surface area (Å²) in [6.07, 6.45) is 2.07. The van der Waals surface area contributed by atoms with E-state index in [1.54, 1.807) is 13.0 Å². The van der Waals surface area contributed by atoms with Gasteiger partial charge in [0, 0.05) is 32.7 Å². The van der Waals surface area contributed by atoms with Gasteiger partial charge in [-0.15, -0.1) is 0 Å². The smallest absolute Gasteiger partial charge is 0.340 e. The molecule has 0 unspecified atom stereocenters. The number of urea groups is 1. The first-order valence-electron chi connectivity index (χ1n) is 8.71. The third-order valence-electron chi connectivity index (χ3n) is 4.11. The lowest BCUT2D eigenvalue weighted by molar-refractivity contribution is 0.0527. The van der Waals surface area contributed by atoms with Crippen LogP contribution in [0.25, 0.3) is 0 Å². The minimum atomic E-state index is -0.298. The molecule has 0 bridgehead atoms. The Morgan fingerprint density at radius 2 is 1.83 bits per heavy atom. The Balaban J connectivity index is 1.95. The van der Waals surface area contributed by atoms with E-state index in [1.807, 2.05) is 23.1 Å². The van der Waals surface area contributed by atoms with Gasteiger partial charge in [0.2, 0.25) is 0 Å². The van der Waals surface area contributed by atoms with Crippen molar-refractivity contribution in [3.63, 3.8) is 0 Å². The molecule has 6 nitrogen and oxygen atoms in total. The number of rotatable bonds is 6. The van der Waals surface area contributed by atoms with E-state index < -0.39 is 0 Å².